The first-order valence-electron chi connectivity index (χ1n) is 10.7. The molecule has 2 atom stereocenters. The Hall–Kier alpha value is -2.09. The van der Waals surface area contributed by atoms with Gasteiger partial charge in [-0.05, 0) is 43.0 Å². The van der Waals surface area contributed by atoms with Gasteiger partial charge in [0, 0.05) is 56.9 Å². The smallest absolute Gasteiger partial charge is 0.270 e. The van der Waals surface area contributed by atoms with Gasteiger partial charge in [0.15, 0.2) is 0 Å². The van der Waals surface area contributed by atoms with E-state index in [9.17, 15) is 4.79 Å². The van der Waals surface area contributed by atoms with E-state index in [0.29, 0.717) is 30.7 Å². The summed E-state index contributed by atoms with van der Waals surface area (Å²) in [6.45, 7) is 6.29. The van der Waals surface area contributed by atoms with Crippen molar-refractivity contribution in [3.05, 3.63) is 36.2 Å². The van der Waals surface area contributed by atoms with Gasteiger partial charge in [0.05, 0.1) is 24.2 Å². The Morgan fingerprint density at radius 3 is 2.66 bits per heavy atom. The van der Waals surface area contributed by atoms with Crippen LogP contribution in [0.25, 0.3) is 11.0 Å². The van der Waals surface area contributed by atoms with Gasteiger partial charge in [0.1, 0.15) is 5.69 Å². The number of nitrogens with one attached hydrogen (secondary N) is 1. The monoisotopic (exact) mass is 396 g/mol. The number of hydrogen-bond acceptors (Lipinski definition) is 6. The van der Waals surface area contributed by atoms with Gasteiger partial charge >= 0.3 is 0 Å². The van der Waals surface area contributed by atoms with Crippen molar-refractivity contribution < 1.29 is 14.3 Å². The van der Waals surface area contributed by atoms with Crippen LogP contribution in [0.3, 0.4) is 0 Å². The predicted octanol–water partition coefficient (Wildman–Crippen LogP) is 1.73. The molecule has 3 aliphatic rings. The van der Waals surface area contributed by atoms with Crippen LogP contribution >= 0.6 is 0 Å². The lowest BCUT2D eigenvalue weighted by Gasteiger charge is -2.48. The molecule has 5 heterocycles. The topological polar surface area (TPSA) is 76.6 Å². The number of fused-ring (bicyclic) bond motifs is 3. The van der Waals surface area contributed by atoms with Gasteiger partial charge in [0.25, 0.3) is 5.91 Å². The minimum Gasteiger partial charge on any atom is -0.381 e. The van der Waals surface area contributed by atoms with Crippen molar-refractivity contribution in [2.24, 2.45) is 17.8 Å². The van der Waals surface area contributed by atoms with E-state index in [4.69, 9.17) is 9.47 Å². The Morgan fingerprint density at radius 1 is 1.07 bits per heavy atom. The molecule has 1 N–H and O–H groups in total. The summed E-state index contributed by atoms with van der Waals surface area (Å²) >= 11 is 0. The molecule has 1 amide bonds. The molecule has 0 saturated carbocycles. The van der Waals surface area contributed by atoms with Gasteiger partial charge in [-0.3, -0.25) is 9.78 Å². The van der Waals surface area contributed by atoms with E-state index < -0.39 is 0 Å². The second-order valence-corrected chi connectivity index (χ2v) is 8.57. The van der Waals surface area contributed by atoms with E-state index in [-0.39, 0.29) is 11.9 Å². The third-order valence-electron chi connectivity index (χ3n) is 6.51. The fourth-order valence-corrected chi connectivity index (χ4v) is 5.02. The molecule has 2 unspecified atom stereocenters. The Labute approximate surface area is 170 Å². The number of carbonyl (C=O) groups is 1. The number of hydrogen-bond donors (Lipinski definition) is 1. The molecular formula is C22H28N4O3. The molecule has 0 aliphatic carbocycles. The second-order valence-electron chi connectivity index (χ2n) is 8.57. The van der Waals surface area contributed by atoms with Crippen LogP contribution < -0.4 is 5.32 Å². The van der Waals surface area contributed by atoms with Crippen LogP contribution in [0.2, 0.25) is 0 Å². The largest absolute Gasteiger partial charge is 0.381 e. The zero-order valence-corrected chi connectivity index (χ0v) is 16.6. The fraction of sp³-hybridized carbons (Fsp3) is 0.591. The molecule has 2 bridgehead atoms. The number of nitrogens with zero attached hydrogens (tertiary/aromatic N) is 3. The van der Waals surface area contributed by atoms with Crippen molar-refractivity contribution in [2.45, 2.75) is 18.9 Å². The van der Waals surface area contributed by atoms with Crippen LogP contribution in [-0.4, -0.2) is 72.9 Å². The highest BCUT2D eigenvalue weighted by atomic mass is 16.5. The highest BCUT2D eigenvalue weighted by Crippen LogP contribution is 2.29. The van der Waals surface area contributed by atoms with E-state index in [1.807, 2.05) is 18.2 Å². The lowest BCUT2D eigenvalue weighted by atomic mass is 9.81. The normalized spacial score (nSPS) is 28.3. The molecule has 29 heavy (non-hydrogen) atoms. The minimum absolute atomic E-state index is 0.101. The van der Waals surface area contributed by atoms with Crippen LogP contribution in [-0.2, 0) is 9.47 Å². The second kappa shape index (κ2) is 8.34. The van der Waals surface area contributed by atoms with E-state index in [0.717, 1.165) is 62.6 Å². The molecule has 0 radical (unpaired) electrons. The summed E-state index contributed by atoms with van der Waals surface area (Å²) in [5.74, 6) is 1.28. The van der Waals surface area contributed by atoms with Crippen LogP contribution in [0, 0.1) is 17.8 Å². The molecule has 2 aromatic rings. The Balaban J connectivity index is 1.25. The standard InChI is InChI=1S/C22H28N4O3/c27-22(20-4-3-18-19(24-20)2-1-7-23-18)25-21-16-11-26(12-17(21)14-29-13-16)10-15-5-8-28-9-6-15/h1-4,7,15-17,21H,5-6,8-14H2,(H,25,27). The fourth-order valence-electron chi connectivity index (χ4n) is 5.02. The third kappa shape index (κ3) is 4.13. The lowest BCUT2D eigenvalue weighted by molar-refractivity contribution is -0.0682. The van der Waals surface area contributed by atoms with E-state index in [1.165, 1.54) is 0 Å². The first-order valence-corrected chi connectivity index (χ1v) is 10.7. The van der Waals surface area contributed by atoms with Gasteiger partial charge in [-0.1, -0.05) is 0 Å². The number of likely N-dealkylation sites (tertiary alicyclic amines) is 1. The number of amides is 1. The minimum atomic E-state index is -0.101. The number of rotatable bonds is 4. The Kier molecular flexibility index (Phi) is 5.44. The van der Waals surface area contributed by atoms with Crippen molar-refractivity contribution in [2.75, 3.05) is 46.1 Å². The maximum Gasteiger partial charge on any atom is 0.270 e. The van der Waals surface area contributed by atoms with Gasteiger partial charge in [-0.2, -0.15) is 0 Å². The SMILES string of the molecule is O=C(NC1C2COCC1CN(CC1CCOCC1)C2)c1ccc2ncccc2n1. The summed E-state index contributed by atoms with van der Waals surface area (Å²) in [4.78, 5) is 24.3. The molecule has 0 spiro atoms. The van der Waals surface area contributed by atoms with Crippen LogP contribution in [0.1, 0.15) is 23.3 Å². The number of ether oxygens (including phenoxy) is 2. The van der Waals surface area contributed by atoms with Gasteiger partial charge in [-0.25, -0.2) is 4.98 Å². The molecule has 2 aromatic heterocycles. The molecule has 154 valence electrons. The van der Waals surface area contributed by atoms with Gasteiger partial charge < -0.3 is 19.7 Å². The zero-order chi connectivity index (χ0) is 19.6. The van der Waals surface area contributed by atoms with Crippen LogP contribution in [0.15, 0.2) is 30.5 Å². The zero-order valence-electron chi connectivity index (χ0n) is 16.6. The first-order chi connectivity index (χ1) is 14.3. The van der Waals surface area contributed by atoms with E-state index in [1.54, 1.807) is 12.3 Å². The predicted molar refractivity (Wildman–Crippen MR) is 109 cm³/mol. The highest BCUT2D eigenvalue weighted by Gasteiger charge is 2.41. The summed E-state index contributed by atoms with van der Waals surface area (Å²) < 4.78 is 11.3. The van der Waals surface area contributed by atoms with Crippen molar-refractivity contribution in [3.8, 4) is 0 Å². The van der Waals surface area contributed by atoms with Crippen molar-refractivity contribution in [1.82, 2.24) is 20.2 Å². The van der Waals surface area contributed by atoms with Gasteiger partial charge in [-0.15, -0.1) is 0 Å². The molecule has 5 rings (SSSR count). The summed E-state index contributed by atoms with van der Waals surface area (Å²) in [5, 5.41) is 3.28. The number of carbonyl (C=O) groups excluding carboxylic acids is 1. The maximum absolute atomic E-state index is 12.9. The molecule has 3 aliphatic heterocycles. The average Bonchev–Trinajstić information content (AvgIpc) is 2.74. The Bertz CT molecular complexity index is 856. The summed E-state index contributed by atoms with van der Waals surface area (Å²) in [6, 6.07) is 7.49. The van der Waals surface area contributed by atoms with E-state index in [2.05, 4.69) is 20.2 Å². The Morgan fingerprint density at radius 2 is 1.86 bits per heavy atom. The first kappa shape index (κ1) is 18.9. The molecule has 7 nitrogen and oxygen atoms in total. The average molecular weight is 396 g/mol. The summed E-state index contributed by atoms with van der Waals surface area (Å²) in [5.41, 5.74) is 2.00. The highest BCUT2D eigenvalue weighted by molar-refractivity contribution is 5.94. The third-order valence-corrected chi connectivity index (χ3v) is 6.51. The van der Waals surface area contributed by atoms with Crippen molar-refractivity contribution in [1.29, 1.82) is 0 Å². The lowest BCUT2D eigenvalue weighted by Crippen LogP contribution is -2.61. The maximum atomic E-state index is 12.9. The molecule has 7 heteroatoms. The number of aromatic nitrogens is 2. The van der Waals surface area contributed by atoms with Gasteiger partial charge in [0.2, 0.25) is 0 Å². The molecule has 3 saturated heterocycles. The number of pyridine rings is 2. The quantitative estimate of drug-likeness (QED) is 0.848. The molecule has 0 aromatic carbocycles. The van der Waals surface area contributed by atoms with Crippen molar-refractivity contribution >= 4 is 16.9 Å². The summed E-state index contributed by atoms with van der Waals surface area (Å²) in [7, 11) is 0. The van der Waals surface area contributed by atoms with Crippen molar-refractivity contribution in [3.63, 3.8) is 0 Å². The van der Waals surface area contributed by atoms with E-state index >= 15 is 0 Å². The molecular weight excluding hydrogens is 368 g/mol. The van der Waals surface area contributed by atoms with Crippen LogP contribution in [0.4, 0.5) is 0 Å². The number of piperidine rings is 1. The van der Waals surface area contributed by atoms with Crippen LogP contribution in [0.5, 0.6) is 0 Å². The molecule has 3 fully saturated rings. The summed E-state index contributed by atoms with van der Waals surface area (Å²) in [6.07, 6.45) is 4.05.